The Kier molecular flexibility index (Phi) is 0.961. The molecule has 5 heavy (non-hydrogen) atoms. The predicted molar refractivity (Wildman–Crippen MR) is 23.0 cm³/mol. The van der Waals surface area contributed by atoms with E-state index in [0.29, 0.717) is 0 Å². The minimum Gasteiger partial charge on any atom is -0.369 e. The molecule has 0 heterocycles. The van der Waals surface area contributed by atoms with E-state index in [-0.39, 0.29) is 0 Å². The van der Waals surface area contributed by atoms with E-state index in [1.165, 1.54) is 0 Å². The van der Waals surface area contributed by atoms with Crippen LogP contribution in [0.1, 0.15) is 2.74 Å². The number of hydrogen-bond acceptors (Lipinski definition) is 1. The number of primary amides is 1. The van der Waals surface area contributed by atoms with Crippen molar-refractivity contribution in [2.24, 2.45) is 5.73 Å². The summed E-state index contributed by atoms with van der Waals surface area (Å²) in [7, 11) is 0. The summed E-state index contributed by atoms with van der Waals surface area (Å²) in [6.07, 6.45) is 0. The zero-order valence-corrected chi connectivity index (χ0v) is 3.95. The first-order valence-electron chi connectivity index (χ1n) is 1.93. The van der Waals surface area contributed by atoms with E-state index in [1.54, 1.807) is 0 Å². The van der Waals surface area contributed by atoms with Gasteiger partial charge in [0.2, 0.25) is 5.91 Å². The molecule has 0 radical (unpaired) electrons. The molecule has 0 aliphatic heterocycles. The van der Waals surface area contributed by atoms with Crippen molar-refractivity contribution in [2.45, 2.75) is 0 Å². The van der Waals surface area contributed by atoms with Crippen LogP contribution in [-0.2, 0) is 4.79 Å². The van der Waals surface area contributed by atoms with Gasteiger partial charge in [0.1, 0.15) is 0 Å². The Morgan fingerprint density at radius 1 is 2.40 bits per heavy atom. The number of hydrogen-bond donors (Lipinski definition) is 1. The first kappa shape index (κ1) is 2.18. The molecule has 0 unspecified atom stereocenters. The molecule has 0 bridgehead atoms. The van der Waals surface area contributed by atoms with Gasteiger partial charge in [-0.1, -0.05) is 15.9 Å². The first-order valence-corrected chi connectivity index (χ1v) is 1.72. The van der Waals surface area contributed by atoms with Gasteiger partial charge in [-0.25, -0.2) is 0 Å². The van der Waals surface area contributed by atoms with Crippen LogP contribution in [0.25, 0.3) is 0 Å². The molecular formula is C2H4BrNO. The van der Waals surface area contributed by atoms with Gasteiger partial charge in [-0.05, 0) is 0 Å². The van der Waals surface area contributed by atoms with Crippen molar-refractivity contribution in [2.75, 3.05) is 5.28 Å². The zero-order valence-electron chi connectivity index (χ0n) is 4.36. The number of halogens is 1. The Bertz CT molecular complexity index is 88.2. The van der Waals surface area contributed by atoms with Crippen molar-refractivity contribution in [1.29, 1.82) is 0 Å². The second-order valence-corrected chi connectivity index (χ2v) is 0.855. The first-order chi connectivity index (χ1) is 2.94. The lowest BCUT2D eigenvalue weighted by atomic mass is 10.8. The minimum atomic E-state index is -2.05. The lowest BCUT2D eigenvalue weighted by molar-refractivity contribution is -0.115. The normalized spacial score (nSPS) is 16.2. The van der Waals surface area contributed by atoms with Gasteiger partial charge in [-0.3, -0.25) is 4.79 Å². The van der Waals surface area contributed by atoms with E-state index < -0.39 is 11.2 Å². The van der Waals surface area contributed by atoms with Gasteiger partial charge >= 0.3 is 0 Å². The van der Waals surface area contributed by atoms with Crippen LogP contribution in [0.4, 0.5) is 0 Å². The molecule has 0 rings (SSSR count). The molecular weight excluding hydrogens is 134 g/mol. The van der Waals surface area contributed by atoms with E-state index in [4.69, 9.17) is 2.74 Å². The number of alkyl halides is 1. The molecule has 0 fully saturated rings. The second-order valence-electron chi connectivity index (χ2n) is 0.459. The minimum absolute atomic E-state index is 1.01. The fraction of sp³-hybridized carbons (Fsp3) is 0.500. The Balaban J connectivity index is 3.79. The highest BCUT2D eigenvalue weighted by Gasteiger charge is 1.79. The molecule has 3 heteroatoms. The lowest BCUT2D eigenvalue weighted by Crippen LogP contribution is -2.10. The number of nitrogens with two attached hydrogens (primary N) is 1. The zero-order chi connectivity index (χ0) is 6.08. The maximum absolute atomic E-state index is 9.82. The summed E-state index contributed by atoms with van der Waals surface area (Å²) in [5.74, 6) is -1.01. The third-order valence-electron chi connectivity index (χ3n) is 0.0931. The summed E-state index contributed by atoms with van der Waals surface area (Å²) in [5.41, 5.74) is 4.51. The van der Waals surface area contributed by atoms with Crippen LogP contribution in [0.5, 0.6) is 0 Å². The summed E-state index contributed by atoms with van der Waals surface area (Å²) in [6, 6.07) is 0. The maximum atomic E-state index is 9.82. The van der Waals surface area contributed by atoms with Gasteiger partial charge in [0.05, 0.1) is 5.28 Å². The molecule has 1 amide bonds. The van der Waals surface area contributed by atoms with Crippen LogP contribution in [-0.4, -0.2) is 11.2 Å². The van der Waals surface area contributed by atoms with Crippen molar-refractivity contribution in [3.05, 3.63) is 0 Å². The van der Waals surface area contributed by atoms with Gasteiger partial charge in [0.25, 0.3) is 0 Å². The van der Waals surface area contributed by atoms with Crippen molar-refractivity contribution >= 4 is 21.8 Å². The number of rotatable bonds is 1. The van der Waals surface area contributed by atoms with Crippen molar-refractivity contribution in [3.8, 4) is 0 Å². The Morgan fingerprint density at radius 3 is 2.60 bits per heavy atom. The summed E-state index contributed by atoms with van der Waals surface area (Å²) < 4.78 is 13.0. The third-order valence-corrected chi connectivity index (χ3v) is 0.484. The Morgan fingerprint density at radius 2 is 2.60 bits per heavy atom. The van der Waals surface area contributed by atoms with Gasteiger partial charge < -0.3 is 5.73 Å². The molecule has 0 saturated carbocycles. The number of carbonyl (C=O) groups excluding carboxylic acids is 1. The van der Waals surface area contributed by atoms with Crippen LogP contribution in [0.3, 0.4) is 0 Å². The van der Waals surface area contributed by atoms with Gasteiger partial charge in [-0.2, -0.15) is 0 Å². The standard InChI is InChI=1S/C2H4BrNO/c3-1-2(4)5/h1H2,(H2,4,5)/i1D2. The van der Waals surface area contributed by atoms with E-state index in [2.05, 4.69) is 21.7 Å². The Hall–Kier alpha value is -0.0500. The molecule has 0 aliphatic rings. The summed E-state index contributed by atoms with van der Waals surface area (Å²) in [6.45, 7) is 0. The second kappa shape index (κ2) is 2.20. The highest BCUT2D eigenvalue weighted by molar-refractivity contribution is 9.09. The molecule has 0 aromatic rings. The Labute approximate surface area is 41.3 Å². The smallest absolute Gasteiger partial charge is 0.228 e. The monoisotopic (exact) mass is 139 g/mol. The van der Waals surface area contributed by atoms with E-state index in [0.717, 1.165) is 0 Å². The van der Waals surface area contributed by atoms with E-state index >= 15 is 0 Å². The molecule has 0 aromatic carbocycles. The molecule has 0 spiro atoms. The fourth-order valence-corrected chi connectivity index (χ4v) is 0. The van der Waals surface area contributed by atoms with Gasteiger partial charge in [-0.15, -0.1) is 0 Å². The lowest BCUT2D eigenvalue weighted by Gasteiger charge is -1.71. The molecule has 0 aromatic heterocycles. The number of carbonyl (C=O) groups is 1. The molecule has 0 aliphatic carbocycles. The predicted octanol–water partition coefficient (Wildman–Crippen LogP) is -0.133. The highest BCUT2D eigenvalue weighted by atomic mass is 79.9. The van der Waals surface area contributed by atoms with Crippen LogP contribution in [0.2, 0.25) is 0 Å². The van der Waals surface area contributed by atoms with Crippen LogP contribution < -0.4 is 5.73 Å². The van der Waals surface area contributed by atoms with Crippen LogP contribution in [0.15, 0.2) is 0 Å². The third kappa shape index (κ3) is 3.95. The van der Waals surface area contributed by atoms with Crippen LogP contribution >= 0.6 is 15.9 Å². The quantitative estimate of drug-likeness (QED) is 0.506. The summed E-state index contributed by atoms with van der Waals surface area (Å²) >= 11 is 2.40. The van der Waals surface area contributed by atoms with Gasteiger partial charge in [0, 0.05) is 2.74 Å². The van der Waals surface area contributed by atoms with Crippen molar-refractivity contribution in [3.63, 3.8) is 0 Å². The highest BCUT2D eigenvalue weighted by Crippen LogP contribution is 1.71. The summed E-state index contributed by atoms with van der Waals surface area (Å²) in [5, 5.41) is -2.05. The largest absolute Gasteiger partial charge is 0.369 e. The SMILES string of the molecule is [2H]C([2H])(Br)C(N)=O. The molecule has 2 N–H and O–H groups in total. The maximum Gasteiger partial charge on any atom is 0.228 e. The number of amides is 1. The van der Waals surface area contributed by atoms with Crippen molar-refractivity contribution < 1.29 is 7.54 Å². The van der Waals surface area contributed by atoms with E-state index in [1.807, 2.05) is 0 Å². The molecule has 0 atom stereocenters. The average Bonchev–Trinajstić information content (AvgIpc) is 1.31. The molecule has 30 valence electrons. The van der Waals surface area contributed by atoms with E-state index in [9.17, 15) is 4.79 Å². The molecule has 2 nitrogen and oxygen atoms in total. The van der Waals surface area contributed by atoms with Gasteiger partial charge in [0.15, 0.2) is 0 Å². The fourth-order valence-electron chi connectivity index (χ4n) is 0. The molecule has 0 saturated heterocycles. The summed E-state index contributed by atoms with van der Waals surface area (Å²) in [4.78, 5) is 9.82. The van der Waals surface area contributed by atoms with Crippen molar-refractivity contribution in [1.82, 2.24) is 0 Å². The topological polar surface area (TPSA) is 43.1 Å². The van der Waals surface area contributed by atoms with Crippen LogP contribution in [0, 0.1) is 0 Å². The average molecular weight is 140 g/mol.